The fraction of sp³-hybridized carbons (Fsp3) is 0.429. The molecule has 7 nitrogen and oxygen atoms in total. The van der Waals surface area contributed by atoms with Gasteiger partial charge in [0, 0.05) is 11.9 Å². The van der Waals surface area contributed by atoms with Gasteiger partial charge in [0.1, 0.15) is 5.52 Å². The van der Waals surface area contributed by atoms with E-state index in [1.807, 2.05) is 24.3 Å². The number of likely N-dealkylation sites (N-methyl/N-ethyl adjacent to an activating group) is 1. The van der Waals surface area contributed by atoms with Gasteiger partial charge in [-0.1, -0.05) is 37.5 Å². The van der Waals surface area contributed by atoms with Gasteiger partial charge in [0.25, 0.3) is 0 Å². The molecule has 0 saturated heterocycles. The number of hydrogen-bond donors (Lipinski definition) is 1. The van der Waals surface area contributed by atoms with Crippen molar-refractivity contribution in [1.82, 2.24) is 19.9 Å². The van der Waals surface area contributed by atoms with Crippen LogP contribution in [-0.2, 0) is 16.1 Å². The van der Waals surface area contributed by atoms with E-state index in [2.05, 4.69) is 19.9 Å². The second kappa shape index (κ2) is 8.06. The second-order valence-electron chi connectivity index (χ2n) is 7.37. The van der Waals surface area contributed by atoms with Gasteiger partial charge in [-0.2, -0.15) is 0 Å². The zero-order valence-corrected chi connectivity index (χ0v) is 16.0. The summed E-state index contributed by atoms with van der Waals surface area (Å²) in [6.45, 7) is 0.830. The standard InChI is InChI=1S/C21H24N4O3/c1-22-11-17(26)28-21(27)19-18-20(15-9-5-6-10-16(15)24-19)25(13-23-18)12-14-7-3-2-4-8-14/h5-6,9-10,13-14,22H,2-4,7-8,11-12H2,1H3. The molecule has 0 atom stereocenters. The summed E-state index contributed by atoms with van der Waals surface area (Å²) in [5.74, 6) is -0.790. The van der Waals surface area contributed by atoms with Gasteiger partial charge in [-0.15, -0.1) is 0 Å². The van der Waals surface area contributed by atoms with Crippen molar-refractivity contribution in [2.45, 2.75) is 38.6 Å². The Morgan fingerprint density at radius 2 is 2.00 bits per heavy atom. The van der Waals surface area contributed by atoms with E-state index in [-0.39, 0.29) is 12.2 Å². The third-order valence-corrected chi connectivity index (χ3v) is 5.35. The highest BCUT2D eigenvalue weighted by Crippen LogP contribution is 2.30. The highest BCUT2D eigenvalue weighted by molar-refractivity contribution is 6.12. The number of imidazole rings is 1. The van der Waals surface area contributed by atoms with Crippen LogP contribution in [0.4, 0.5) is 0 Å². The number of carbonyl (C=O) groups is 2. The quantitative estimate of drug-likeness (QED) is 0.541. The molecule has 1 aliphatic rings. The molecule has 2 heterocycles. The molecular weight excluding hydrogens is 356 g/mol. The van der Waals surface area contributed by atoms with Crippen molar-refractivity contribution < 1.29 is 14.3 Å². The minimum absolute atomic E-state index is 0.0431. The summed E-state index contributed by atoms with van der Waals surface area (Å²) in [6.07, 6.45) is 8.06. The highest BCUT2D eigenvalue weighted by Gasteiger charge is 2.23. The van der Waals surface area contributed by atoms with E-state index < -0.39 is 11.9 Å². The summed E-state index contributed by atoms with van der Waals surface area (Å²) in [4.78, 5) is 33.3. The number of pyridine rings is 1. The SMILES string of the molecule is CNCC(=O)OC(=O)c1nc2ccccc2c2c1ncn2CC1CCCCC1. The average Bonchev–Trinajstić information content (AvgIpc) is 3.12. The van der Waals surface area contributed by atoms with Gasteiger partial charge in [-0.25, -0.2) is 14.8 Å². The van der Waals surface area contributed by atoms with Crippen LogP contribution in [-0.4, -0.2) is 40.1 Å². The maximum absolute atomic E-state index is 12.6. The number of benzene rings is 1. The predicted molar refractivity (Wildman–Crippen MR) is 106 cm³/mol. The van der Waals surface area contributed by atoms with Crippen molar-refractivity contribution in [2.24, 2.45) is 5.92 Å². The average molecular weight is 380 g/mol. The summed E-state index contributed by atoms with van der Waals surface area (Å²) in [7, 11) is 1.62. The fourth-order valence-corrected chi connectivity index (χ4v) is 4.04. The molecule has 146 valence electrons. The zero-order chi connectivity index (χ0) is 19.5. The molecule has 0 unspecified atom stereocenters. The summed E-state index contributed by atoms with van der Waals surface area (Å²) >= 11 is 0. The van der Waals surface area contributed by atoms with E-state index in [0.717, 1.165) is 17.4 Å². The minimum Gasteiger partial charge on any atom is -0.387 e. The first-order valence-electron chi connectivity index (χ1n) is 9.80. The molecule has 1 aromatic carbocycles. The normalized spacial score (nSPS) is 15.2. The number of esters is 2. The lowest BCUT2D eigenvalue weighted by atomic mass is 9.89. The molecule has 1 N–H and O–H groups in total. The number of nitrogens with zero attached hydrogens (tertiary/aromatic N) is 3. The van der Waals surface area contributed by atoms with Crippen LogP contribution >= 0.6 is 0 Å². The molecule has 1 fully saturated rings. The van der Waals surface area contributed by atoms with Crippen LogP contribution in [0.5, 0.6) is 0 Å². The molecule has 1 saturated carbocycles. The van der Waals surface area contributed by atoms with Crippen molar-refractivity contribution in [2.75, 3.05) is 13.6 Å². The number of carbonyl (C=O) groups excluding carboxylic acids is 2. The van der Waals surface area contributed by atoms with E-state index in [1.165, 1.54) is 32.1 Å². The molecule has 0 radical (unpaired) electrons. The number of aromatic nitrogens is 3. The maximum Gasteiger partial charge on any atom is 0.366 e. The Labute approximate surface area is 163 Å². The highest BCUT2D eigenvalue weighted by atomic mass is 16.6. The third kappa shape index (κ3) is 3.62. The first kappa shape index (κ1) is 18.6. The lowest BCUT2D eigenvalue weighted by molar-refractivity contribution is -0.136. The molecule has 0 spiro atoms. The number of nitrogens with one attached hydrogen (secondary N) is 1. The minimum atomic E-state index is -0.765. The monoisotopic (exact) mass is 380 g/mol. The van der Waals surface area contributed by atoms with Crippen molar-refractivity contribution >= 4 is 33.9 Å². The first-order chi connectivity index (χ1) is 13.7. The molecule has 2 aromatic heterocycles. The fourth-order valence-electron chi connectivity index (χ4n) is 4.04. The Balaban J connectivity index is 1.77. The molecule has 0 bridgehead atoms. The Bertz CT molecular complexity index is 1020. The van der Waals surface area contributed by atoms with Gasteiger partial charge < -0.3 is 14.6 Å². The summed E-state index contributed by atoms with van der Waals surface area (Å²) < 4.78 is 7.07. The van der Waals surface area contributed by atoms with Crippen molar-refractivity contribution in [1.29, 1.82) is 0 Å². The summed E-state index contributed by atoms with van der Waals surface area (Å²) in [6, 6.07) is 7.68. The van der Waals surface area contributed by atoms with Crippen LogP contribution in [0.25, 0.3) is 21.9 Å². The first-order valence-corrected chi connectivity index (χ1v) is 9.80. The van der Waals surface area contributed by atoms with Gasteiger partial charge in [-0.05, 0) is 31.9 Å². The molecule has 0 aliphatic heterocycles. The molecule has 28 heavy (non-hydrogen) atoms. The summed E-state index contributed by atoms with van der Waals surface area (Å²) in [5.41, 5.74) is 2.13. The van der Waals surface area contributed by atoms with E-state index in [1.54, 1.807) is 13.4 Å². The van der Waals surface area contributed by atoms with Crippen LogP contribution in [0.1, 0.15) is 42.6 Å². The lowest BCUT2D eigenvalue weighted by Gasteiger charge is -2.22. The third-order valence-electron chi connectivity index (χ3n) is 5.35. The second-order valence-corrected chi connectivity index (χ2v) is 7.37. The zero-order valence-electron chi connectivity index (χ0n) is 16.0. The van der Waals surface area contributed by atoms with E-state index in [0.29, 0.717) is 17.0 Å². The Kier molecular flexibility index (Phi) is 5.34. The Morgan fingerprint density at radius 1 is 1.21 bits per heavy atom. The number of rotatable bonds is 5. The topological polar surface area (TPSA) is 86.1 Å². The number of para-hydroxylation sites is 1. The van der Waals surface area contributed by atoms with Crippen LogP contribution in [0.15, 0.2) is 30.6 Å². The molecular formula is C21H24N4O3. The smallest absolute Gasteiger partial charge is 0.366 e. The molecule has 1 aliphatic carbocycles. The van der Waals surface area contributed by atoms with Crippen LogP contribution in [0, 0.1) is 5.92 Å². The van der Waals surface area contributed by atoms with Crippen molar-refractivity contribution in [3.05, 3.63) is 36.3 Å². The van der Waals surface area contributed by atoms with Crippen LogP contribution in [0.3, 0.4) is 0 Å². The van der Waals surface area contributed by atoms with E-state index in [9.17, 15) is 9.59 Å². The van der Waals surface area contributed by atoms with Gasteiger partial charge in [-0.3, -0.25) is 4.79 Å². The summed E-state index contributed by atoms with van der Waals surface area (Å²) in [5, 5.41) is 3.62. The van der Waals surface area contributed by atoms with Crippen molar-refractivity contribution in [3.63, 3.8) is 0 Å². The van der Waals surface area contributed by atoms with E-state index in [4.69, 9.17) is 4.74 Å². The molecule has 0 amide bonds. The van der Waals surface area contributed by atoms with Gasteiger partial charge in [0.05, 0.1) is 23.9 Å². The number of fused-ring (bicyclic) bond motifs is 3. The van der Waals surface area contributed by atoms with Gasteiger partial charge >= 0.3 is 11.9 Å². The molecule has 7 heteroatoms. The number of hydrogen-bond acceptors (Lipinski definition) is 6. The lowest BCUT2D eigenvalue weighted by Crippen LogP contribution is -2.24. The molecule has 3 aromatic rings. The Hall–Kier alpha value is -2.80. The van der Waals surface area contributed by atoms with Gasteiger partial charge in [0.15, 0.2) is 5.69 Å². The largest absolute Gasteiger partial charge is 0.387 e. The van der Waals surface area contributed by atoms with Gasteiger partial charge in [0.2, 0.25) is 0 Å². The van der Waals surface area contributed by atoms with Crippen LogP contribution in [0.2, 0.25) is 0 Å². The molecule has 4 rings (SSSR count). The predicted octanol–water partition coefficient (Wildman–Crippen LogP) is 3.07. The Morgan fingerprint density at radius 3 is 2.79 bits per heavy atom. The van der Waals surface area contributed by atoms with Crippen LogP contribution < -0.4 is 5.32 Å². The van der Waals surface area contributed by atoms with E-state index >= 15 is 0 Å². The maximum atomic E-state index is 12.6. The number of ether oxygens (including phenoxy) is 1. The van der Waals surface area contributed by atoms with Crippen molar-refractivity contribution in [3.8, 4) is 0 Å².